The molecule has 0 radical (unpaired) electrons. The van der Waals surface area contributed by atoms with Gasteiger partial charge in [-0.05, 0) is 42.0 Å². The number of carboxylic acids is 1. The van der Waals surface area contributed by atoms with E-state index in [0.717, 1.165) is 11.1 Å². The molecule has 8 nitrogen and oxygen atoms in total. The third-order valence-electron chi connectivity index (χ3n) is 6.82. The van der Waals surface area contributed by atoms with E-state index in [0.29, 0.717) is 32.5 Å². The Morgan fingerprint density at radius 1 is 1.09 bits per heavy atom. The van der Waals surface area contributed by atoms with Crippen molar-refractivity contribution in [2.75, 3.05) is 32.8 Å². The van der Waals surface area contributed by atoms with E-state index in [1.165, 1.54) is 11.1 Å². The van der Waals surface area contributed by atoms with Crippen LogP contribution in [0.25, 0.3) is 11.1 Å². The van der Waals surface area contributed by atoms with E-state index in [-0.39, 0.29) is 37.3 Å². The van der Waals surface area contributed by atoms with Gasteiger partial charge in [0.2, 0.25) is 0 Å². The van der Waals surface area contributed by atoms with Gasteiger partial charge in [0.1, 0.15) is 12.7 Å². The Bertz CT molecular complexity index is 1030. The van der Waals surface area contributed by atoms with Crippen LogP contribution in [0.5, 0.6) is 0 Å². The molecule has 35 heavy (non-hydrogen) atoms. The Kier molecular flexibility index (Phi) is 8.02. The number of likely N-dealkylation sites (N-methyl/N-ethyl adjacent to an activating group) is 1. The molecule has 2 N–H and O–H groups in total. The van der Waals surface area contributed by atoms with E-state index in [2.05, 4.69) is 29.6 Å². The van der Waals surface area contributed by atoms with Gasteiger partial charge >= 0.3 is 12.1 Å². The molecular weight excluding hydrogens is 448 g/mol. The molecule has 0 spiro atoms. The number of rotatable bonds is 10. The molecule has 2 amide bonds. The topological polar surface area (TPSA) is 105 Å². The normalized spacial score (nSPS) is 18.5. The zero-order valence-electron chi connectivity index (χ0n) is 19.9. The predicted molar refractivity (Wildman–Crippen MR) is 130 cm³/mol. The Hall–Kier alpha value is -3.39. The van der Waals surface area contributed by atoms with Gasteiger partial charge in [-0.15, -0.1) is 0 Å². The summed E-state index contributed by atoms with van der Waals surface area (Å²) < 4.78 is 11.3. The molecule has 0 aromatic heterocycles. The lowest BCUT2D eigenvalue weighted by Gasteiger charge is -2.26. The number of aliphatic carboxylic acids is 1. The molecule has 186 valence electrons. The van der Waals surface area contributed by atoms with Crippen molar-refractivity contribution in [3.05, 3.63) is 59.7 Å². The lowest BCUT2D eigenvalue weighted by molar-refractivity contribution is -0.143. The minimum atomic E-state index is -0.879. The number of fused-ring (bicyclic) bond motifs is 3. The number of alkyl carbamates (subject to hydrolysis) is 1. The first-order valence-corrected chi connectivity index (χ1v) is 12.2. The number of carbonyl (C=O) groups is 3. The summed E-state index contributed by atoms with van der Waals surface area (Å²) in [6.45, 7) is 3.66. The Balaban J connectivity index is 1.29. The zero-order chi connectivity index (χ0) is 24.8. The van der Waals surface area contributed by atoms with Gasteiger partial charge in [0.25, 0.3) is 5.91 Å². The van der Waals surface area contributed by atoms with Crippen molar-refractivity contribution in [1.29, 1.82) is 0 Å². The molecule has 2 atom stereocenters. The summed E-state index contributed by atoms with van der Waals surface area (Å²) in [6, 6.07) is 16.3. The smallest absolute Gasteiger partial charge is 0.407 e. The second-order valence-corrected chi connectivity index (χ2v) is 8.96. The molecule has 0 saturated carbocycles. The van der Waals surface area contributed by atoms with Crippen LogP contribution in [0.3, 0.4) is 0 Å². The molecule has 1 aliphatic heterocycles. The minimum absolute atomic E-state index is 0.0128. The zero-order valence-corrected chi connectivity index (χ0v) is 19.9. The maximum absolute atomic E-state index is 13.0. The molecule has 1 saturated heterocycles. The summed E-state index contributed by atoms with van der Waals surface area (Å²) in [4.78, 5) is 37.9. The van der Waals surface area contributed by atoms with E-state index in [4.69, 9.17) is 14.6 Å². The summed E-state index contributed by atoms with van der Waals surface area (Å²) in [6.07, 6.45) is -0.0912. The van der Waals surface area contributed by atoms with E-state index in [1.54, 1.807) is 4.90 Å². The number of nitrogens with zero attached hydrogens (tertiary/aromatic N) is 1. The molecule has 8 heteroatoms. The van der Waals surface area contributed by atoms with Crippen molar-refractivity contribution in [3.8, 4) is 11.1 Å². The van der Waals surface area contributed by atoms with Crippen LogP contribution in [-0.4, -0.2) is 66.9 Å². The maximum atomic E-state index is 13.0. The van der Waals surface area contributed by atoms with Gasteiger partial charge < -0.3 is 24.8 Å². The average molecular weight is 481 g/mol. The molecule has 2 aromatic carbocycles. The largest absolute Gasteiger partial charge is 0.481 e. The summed E-state index contributed by atoms with van der Waals surface area (Å²) in [5, 5.41) is 11.6. The summed E-state index contributed by atoms with van der Waals surface area (Å²) >= 11 is 0. The Morgan fingerprint density at radius 3 is 2.37 bits per heavy atom. The Morgan fingerprint density at radius 2 is 1.74 bits per heavy atom. The molecule has 1 aliphatic carbocycles. The van der Waals surface area contributed by atoms with E-state index < -0.39 is 18.2 Å². The van der Waals surface area contributed by atoms with Crippen molar-refractivity contribution in [1.82, 2.24) is 10.2 Å². The number of amides is 2. The standard InChI is InChI=1S/C27H32N2O6/c1-2-29(14-7-12-24(30)31)26(32)25-18(13-15-34-25)16-28-27(33)35-17-23-21-10-5-3-8-19(21)20-9-4-6-11-22(20)23/h3-6,8-11,18,23,25H,2,7,12-17H2,1H3,(H,28,33)(H,30,31)/t18-,25-/m1/s1. The lowest BCUT2D eigenvalue weighted by Crippen LogP contribution is -2.45. The van der Waals surface area contributed by atoms with Gasteiger partial charge in [-0.3, -0.25) is 9.59 Å². The van der Waals surface area contributed by atoms with Gasteiger partial charge in [-0.25, -0.2) is 4.79 Å². The molecule has 4 rings (SSSR count). The van der Waals surface area contributed by atoms with Crippen molar-refractivity contribution in [3.63, 3.8) is 0 Å². The van der Waals surface area contributed by atoms with Crippen molar-refractivity contribution in [2.24, 2.45) is 5.92 Å². The highest BCUT2D eigenvalue weighted by Gasteiger charge is 2.37. The second kappa shape index (κ2) is 11.4. The first-order chi connectivity index (χ1) is 17.0. The van der Waals surface area contributed by atoms with Crippen LogP contribution in [-0.2, 0) is 19.1 Å². The molecule has 0 bridgehead atoms. The van der Waals surface area contributed by atoms with Gasteiger partial charge in [0, 0.05) is 44.5 Å². The third-order valence-corrected chi connectivity index (χ3v) is 6.82. The molecule has 2 aliphatic rings. The van der Waals surface area contributed by atoms with Gasteiger partial charge in [-0.1, -0.05) is 48.5 Å². The first-order valence-electron chi connectivity index (χ1n) is 12.2. The quantitative estimate of drug-likeness (QED) is 0.538. The highest BCUT2D eigenvalue weighted by molar-refractivity contribution is 5.82. The van der Waals surface area contributed by atoms with Gasteiger partial charge in [0.05, 0.1) is 0 Å². The number of nitrogens with one attached hydrogen (secondary N) is 1. The number of ether oxygens (including phenoxy) is 2. The first kappa shape index (κ1) is 24.7. The van der Waals surface area contributed by atoms with Crippen LogP contribution in [0.1, 0.15) is 43.2 Å². The average Bonchev–Trinajstić information content (AvgIpc) is 3.46. The summed E-state index contributed by atoms with van der Waals surface area (Å²) in [7, 11) is 0. The molecule has 2 aromatic rings. The van der Waals surface area contributed by atoms with Crippen LogP contribution >= 0.6 is 0 Å². The third kappa shape index (κ3) is 5.65. The summed E-state index contributed by atoms with van der Waals surface area (Å²) in [5.74, 6) is -1.21. The van der Waals surface area contributed by atoms with E-state index >= 15 is 0 Å². The fourth-order valence-corrected chi connectivity index (χ4v) is 5.00. The van der Waals surface area contributed by atoms with Crippen LogP contribution in [0, 0.1) is 5.92 Å². The molecule has 0 unspecified atom stereocenters. The van der Waals surface area contributed by atoms with Crippen LogP contribution in [0.2, 0.25) is 0 Å². The molecule has 1 fully saturated rings. The van der Waals surface area contributed by atoms with E-state index in [1.807, 2.05) is 31.2 Å². The van der Waals surface area contributed by atoms with Crippen LogP contribution in [0.15, 0.2) is 48.5 Å². The van der Waals surface area contributed by atoms with E-state index in [9.17, 15) is 14.4 Å². The highest BCUT2D eigenvalue weighted by Crippen LogP contribution is 2.44. The fraction of sp³-hybridized carbons (Fsp3) is 0.444. The monoisotopic (exact) mass is 480 g/mol. The minimum Gasteiger partial charge on any atom is -0.481 e. The maximum Gasteiger partial charge on any atom is 0.407 e. The highest BCUT2D eigenvalue weighted by atomic mass is 16.5. The number of hydrogen-bond acceptors (Lipinski definition) is 5. The van der Waals surface area contributed by atoms with Crippen LogP contribution < -0.4 is 5.32 Å². The number of benzene rings is 2. The Labute approximate surface area is 205 Å². The second-order valence-electron chi connectivity index (χ2n) is 8.96. The number of carbonyl (C=O) groups excluding carboxylic acids is 2. The van der Waals surface area contributed by atoms with Gasteiger partial charge in [-0.2, -0.15) is 0 Å². The van der Waals surface area contributed by atoms with Crippen LogP contribution in [0.4, 0.5) is 4.79 Å². The predicted octanol–water partition coefficient (Wildman–Crippen LogP) is 3.64. The fourth-order valence-electron chi connectivity index (χ4n) is 5.00. The lowest BCUT2D eigenvalue weighted by atomic mass is 9.98. The van der Waals surface area contributed by atoms with Crippen molar-refractivity contribution >= 4 is 18.0 Å². The van der Waals surface area contributed by atoms with Crippen molar-refractivity contribution in [2.45, 2.75) is 38.2 Å². The number of hydrogen-bond donors (Lipinski definition) is 2. The number of carboxylic acid groups (broad SMARTS) is 1. The van der Waals surface area contributed by atoms with Gasteiger partial charge in [0.15, 0.2) is 0 Å². The van der Waals surface area contributed by atoms with Crippen molar-refractivity contribution < 1.29 is 29.0 Å². The molecule has 1 heterocycles. The summed E-state index contributed by atoms with van der Waals surface area (Å²) in [5.41, 5.74) is 4.65. The SMILES string of the molecule is CCN(CCCC(=O)O)C(=O)[C@@H]1OCC[C@@H]1CNC(=O)OCC1c2ccccc2-c2ccccc21. The molecular formula is C27H32N2O6.